The van der Waals surface area contributed by atoms with Gasteiger partial charge in [-0.25, -0.2) is 0 Å². The molecule has 0 amide bonds. The molecular formula is C22H24N2O. The molecule has 0 aromatic heterocycles. The zero-order valence-electron chi connectivity index (χ0n) is 14.8. The fraction of sp³-hybridized carbons (Fsp3) is 0.409. The molecule has 4 rings (SSSR count). The molecule has 3 atom stereocenters. The highest BCUT2D eigenvalue weighted by molar-refractivity contribution is 5.59. The van der Waals surface area contributed by atoms with Crippen molar-refractivity contribution in [1.29, 1.82) is 5.26 Å². The number of ether oxygens (including phenoxy) is 1. The minimum Gasteiger partial charge on any atom is -0.378 e. The van der Waals surface area contributed by atoms with Gasteiger partial charge in [0.25, 0.3) is 0 Å². The molecule has 3 heteroatoms. The summed E-state index contributed by atoms with van der Waals surface area (Å²) >= 11 is 0. The van der Waals surface area contributed by atoms with Gasteiger partial charge in [0.15, 0.2) is 0 Å². The molecule has 3 unspecified atom stereocenters. The summed E-state index contributed by atoms with van der Waals surface area (Å²) in [5.41, 5.74) is 5.72. The highest BCUT2D eigenvalue weighted by atomic mass is 16.5. The molecule has 0 radical (unpaired) electrons. The van der Waals surface area contributed by atoms with Crippen LogP contribution < -0.4 is 5.32 Å². The van der Waals surface area contributed by atoms with E-state index in [2.05, 4.69) is 49.5 Å². The maximum Gasteiger partial charge on any atom is 0.0991 e. The van der Waals surface area contributed by atoms with Gasteiger partial charge < -0.3 is 10.1 Å². The smallest absolute Gasteiger partial charge is 0.0991 e. The summed E-state index contributed by atoms with van der Waals surface area (Å²) < 4.78 is 6.25. The zero-order valence-corrected chi connectivity index (χ0v) is 14.8. The number of nitriles is 1. The first-order valence-corrected chi connectivity index (χ1v) is 9.19. The van der Waals surface area contributed by atoms with Crippen molar-refractivity contribution in [3.05, 3.63) is 64.7 Å². The van der Waals surface area contributed by atoms with Crippen LogP contribution >= 0.6 is 0 Å². The van der Waals surface area contributed by atoms with Crippen molar-refractivity contribution in [1.82, 2.24) is 0 Å². The Bertz CT molecular complexity index is 821. The van der Waals surface area contributed by atoms with Crippen LogP contribution in [-0.2, 0) is 4.74 Å². The van der Waals surface area contributed by atoms with E-state index >= 15 is 0 Å². The van der Waals surface area contributed by atoms with Gasteiger partial charge in [0.1, 0.15) is 0 Å². The highest BCUT2D eigenvalue weighted by Gasteiger charge is 2.39. The van der Waals surface area contributed by atoms with Crippen molar-refractivity contribution in [2.75, 3.05) is 11.9 Å². The van der Waals surface area contributed by atoms with Crippen LogP contribution in [0.4, 0.5) is 5.69 Å². The number of hydrogen-bond donors (Lipinski definition) is 1. The van der Waals surface area contributed by atoms with Gasteiger partial charge in [-0.3, -0.25) is 0 Å². The van der Waals surface area contributed by atoms with Crippen LogP contribution in [0.1, 0.15) is 67.0 Å². The third-order valence-electron chi connectivity index (χ3n) is 5.53. The van der Waals surface area contributed by atoms with Crippen molar-refractivity contribution >= 4 is 5.69 Å². The molecule has 1 N–H and O–H groups in total. The zero-order chi connectivity index (χ0) is 17.4. The van der Waals surface area contributed by atoms with Crippen molar-refractivity contribution in [2.24, 2.45) is 5.92 Å². The van der Waals surface area contributed by atoms with Crippen LogP contribution in [0.5, 0.6) is 0 Å². The van der Waals surface area contributed by atoms with Crippen LogP contribution in [0.3, 0.4) is 0 Å². The Balaban J connectivity index is 1.77. The first-order chi connectivity index (χ1) is 12.2. The van der Waals surface area contributed by atoms with Gasteiger partial charge in [-0.1, -0.05) is 38.1 Å². The van der Waals surface area contributed by atoms with Crippen LogP contribution in [0.15, 0.2) is 42.5 Å². The molecular weight excluding hydrogens is 308 g/mol. The molecule has 128 valence electrons. The SMILES string of the molecule is CC(C)c1ccc2c(c1)C1OCCCC1C(c1cccc(C#N)c1)N2. The molecule has 1 fully saturated rings. The summed E-state index contributed by atoms with van der Waals surface area (Å²) in [5, 5.41) is 13.0. The average molecular weight is 332 g/mol. The van der Waals surface area contributed by atoms with Gasteiger partial charge >= 0.3 is 0 Å². The van der Waals surface area contributed by atoms with Crippen molar-refractivity contribution in [3.8, 4) is 6.07 Å². The van der Waals surface area contributed by atoms with Crippen LogP contribution in [0.25, 0.3) is 0 Å². The molecule has 25 heavy (non-hydrogen) atoms. The predicted molar refractivity (Wildman–Crippen MR) is 99.5 cm³/mol. The van der Waals surface area contributed by atoms with Crippen LogP contribution in [0, 0.1) is 17.2 Å². The monoisotopic (exact) mass is 332 g/mol. The molecule has 2 aliphatic heterocycles. The maximum absolute atomic E-state index is 9.24. The Hall–Kier alpha value is -2.31. The lowest BCUT2D eigenvalue weighted by molar-refractivity contribution is -0.0381. The Morgan fingerprint density at radius 3 is 2.88 bits per heavy atom. The fourth-order valence-corrected chi connectivity index (χ4v) is 4.18. The molecule has 3 nitrogen and oxygen atoms in total. The first kappa shape index (κ1) is 16.2. The Morgan fingerprint density at radius 1 is 1.20 bits per heavy atom. The third kappa shape index (κ3) is 2.92. The van der Waals surface area contributed by atoms with E-state index in [0.717, 1.165) is 19.4 Å². The first-order valence-electron chi connectivity index (χ1n) is 9.19. The van der Waals surface area contributed by atoms with Crippen molar-refractivity contribution in [2.45, 2.75) is 44.8 Å². The summed E-state index contributed by atoms with van der Waals surface area (Å²) in [4.78, 5) is 0. The molecule has 2 heterocycles. The topological polar surface area (TPSA) is 45.0 Å². The quantitative estimate of drug-likeness (QED) is 0.810. The number of anilines is 1. The molecule has 0 spiro atoms. The predicted octanol–water partition coefficient (Wildman–Crippen LogP) is 5.32. The maximum atomic E-state index is 9.24. The molecule has 0 aliphatic carbocycles. The number of rotatable bonds is 2. The summed E-state index contributed by atoms with van der Waals surface area (Å²) in [6, 6.07) is 17.1. The van der Waals surface area contributed by atoms with Gasteiger partial charge in [0.05, 0.1) is 23.8 Å². The van der Waals surface area contributed by atoms with Gasteiger partial charge in [-0.05, 0) is 48.1 Å². The van der Waals surface area contributed by atoms with Gasteiger partial charge in [0.2, 0.25) is 0 Å². The van der Waals surface area contributed by atoms with Gasteiger partial charge in [-0.2, -0.15) is 5.26 Å². The summed E-state index contributed by atoms with van der Waals surface area (Å²) in [7, 11) is 0. The third-order valence-corrected chi connectivity index (χ3v) is 5.53. The second-order valence-electron chi connectivity index (χ2n) is 7.46. The number of nitrogens with zero attached hydrogens (tertiary/aromatic N) is 1. The Kier molecular flexibility index (Phi) is 4.23. The Morgan fingerprint density at radius 2 is 2.08 bits per heavy atom. The molecule has 2 aromatic rings. The lowest BCUT2D eigenvalue weighted by Crippen LogP contribution is -2.36. The van der Waals surface area contributed by atoms with E-state index in [1.807, 2.05) is 18.2 Å². The lowest BCUT2D eigenvalue weighted by atomic mass is 9.76. The number of nitrogens with one attached hydrogen (secondary N) is 1. The van der Waals surface area contributed by atoms with E-state index in [1.54, 1.807) is 0 Å². The molecule has 1 saturated heterocycles. The minimum atomic E-state index is 0.138. The van der Waals surface area contributed by atoms with E-state index in [1.165, 1.54) is 22.4 Å². The van der Waals surface area contributed by atoms with Crippen LogP contribution in [0.2, 0.25) is 0 Å². The van der Waals surface area contributed by atoms with E-state index in [4.69, 9.17) is 4.74 Å². The minimum absolute atomic E-state index is 0.138. The average Bonchev–Trinajstić information content (AvgIpc) is 2.67. The molecule has 2 aliphatic rings. The summed E-state index contributed by atoms with van der Waals surface area (Å²) in [6.45, 7) is 5.29. The fourth-order valence-electron chi connectivity index (χ4n) is 4.18. The second-order valence-corrected chi connectivity index (χ2v) is 7.46. The molecule has 0 saturated carbocycles. The van der Waals surface area contributed by atoms with Crippen LogP contribution in [-0.4, -0.2) is 6.61 Å². The van der Waals surface area contributed by atoms with E-state index in [-0.39, 0.29) is 12.1 Å². The highest BCUT2D eigenvalue weighted by Crippen LogP contribution is 2.49. The Labute approximate surface area is 149 Å². The van der Waals surface area contributed by atoms with Gasteiger partial charge in [-0.15, -0.1) is 0 Å². The lowest BCUT2D eigenvalue weighted by Gasteiger charge is -2.43. The number of hydrogen-bond acceptors (Lipinski definition) is 3. The van der Waals surface area contributed by atoms with E-state index in [9.17, 15) is 5.26 Å². The van der Waals surface area contributed by atoms with E-state index in [0.29, 0.717) is 17.4 Å². The van der Waals surface area contributed by atoms with E-state index < -0.39 is 0 Å². The standard InChI is InChI=1S/C22H24N2O/c1-14(2)16-8-9-20-19(12-16)22-18(7-4-10-25-22)21(24-20)17-6-3-5-15(11-17)13-23/h3,5-6,8-9,11-12,14,18,21-22,24H,4,7,10H2,1-2H3. The second kappa shape index (κ2) is 6.54. The number of fused-ring (bicyclic) bond motifs is 3. The van der Waals surface area contributed by atoms with Gasteiger partial charge in [0, 0.05) is 23.8 Å². The summed E-state index contributed by atoms with van der Waals surface area (Å²) in [5.74, 6) is 0.912. The van der Waals surface area contributed by atoms with Crippen molar-refractivity contribution < 1.29 is 4.74 Å². The molecule has 2 aromatic carbocycles. The summed E-state index contributed by atoms with van der Waals surface area (Å²) in [6.07, 6.45) is 2.38. The normalized spacial score (nSPS) is 24.8. The van der Waals surface area contributed by atoms with Crippen molar-refractivity contribution in [3.63, 3.8) is 0 Å². The largest absolute Gasteiger partial charge is 0.378 e. The number of benzene rings is 2. The molecule has 0 bridgehead atoms.